The summed E-state index contributed by atoms with van der Waals surface area (Å²) in [5, 5.41) is 56.8. The molecule has 19 heavy (non-hydrogen) atoms. The van der Waals surface area contributed by atoms with E-state index >= 15 is 0 Å². The molecule has 0 aliphatic rings. The van der Waals surface area contributed by atoms with Gasteiger partial charge in [-0.25, -0.2) is 0 Å². The summed E-state index contributed by atoms with van der Waals surface area (Å²) < 4.78 is 9.00. The van der Waals surface area contributed by atoms with Crippen molar-refractivity contribution in [2.24, 2.45) is 0 Å². The van der Waals surface area contributed by atoms with Gasteiger partial charge in [-0.05, 0) is 6.92 Å². The van der Waals surface area contributed by atoms with Crippen molar-refractivity contribution < 1.29 is 38.4 Å². The minimum Gasteiger partial charge on any atom is -0.440 e. The van der Waals surface area contributed by atoms with Gasteiger partial charge in [0.05, 0.1) is 18.8 Å². The minimum absolute atomic E-state index is 0.766. The molecule has 2 radical (unpaired) electrons. The second-order valence-electron chi connectivity index (χ2n) is 4.11. The zero-order chi connectivity index (χ0) is 15.2. The summed E-state index contributed by atoms with van der Waals surface area (Å²) in [5.74, 6) is 0. The van der Waals surface area contributed by atoms with Crippen LogP contribution >= 0.6 is 23.0 Å². The van der Waals surface area contributed by atoms with Gasteiger partial charge in [-0.15, -0.1) is 0 Å². The van der Waals surface area contributed by atoms with E-state index in [2.05, 4.69) is 4.65 Å². The first-order chi connectivity index (χ1) is 8.81. The molecule has 0 saturated carbocycles. The summed E-state index contributed by atoms with van der Waals surface area (Å²) in [6.45, 7) is 0.677. The molecule has 112 valence electrons. The number of aliphatic hydroxyl groups is 6. The fourth-order valence-electron chi connectivity index (χ4n) is 1.43. The highest BCUT2D eigenvalue weighted by atomic mass is 127. The van der Waals surface area contributed by atoms with E-state index in [1.165, 1.54) is 29.9 Å². The maximum Gasteiger partial charge on any atom is 0.283 e. The van der Waals surface area contributed by atoms with Crippen LogP contribution in [0.3, 0.4) is 0 Å². The Hall–Kier alpha value is 0.475. The molecule has 7 atom stereocenters. The second kappa shape index (κ2) is 9.42. The van der Waals surface area contributed by atoms with Crippen LogP contribution in [0, 0.1) is 0 Å². The van der Waals surface area contributed by atoms with E-state index in [9.17, 15) is 25.5 Å². The van der Waals surface area contributed by atoms with Crippen molar-refractivity contribution >= 4 is 31.1 Å². The van der Waals surface area contributed by atoms with Gasteiger partial charge in [-0.1, -0.05) is 0 Å². The number of hydrogen-bond donors (Lipinski definition) is 6. The first-order valence-corrected chi connectivity index (χ1v) is 6.34. The number of halogens is 1. The summed E-state index contributed by atoms with van der Waals surface area (Å²) in [6.07, 6.45) is -10.8. The zero-order valence-corrected chi connectivity index (χ0v) is 12.4. The summed E-state index contributed by atoms with van der Waals surface area (Å²) >= 11 is 1.51. The predicted octanol–water partition coefficient (Wildman–Crippen LogP) is -2.99. The minimum atomic E-state index is -1.86. The first-order valence-electron chi connectivity index (χ1n) is 5.45. The molecule has 0 aromatic heterocycles. The maximum absolute atomic E-state index is 9.71. The van der Waals surface area contributed by atoms with Gasteiger partial charge in [-0.2, -0.15) is 0 Å². The van der Waals surface area contributed by atoms with Crippen LogP contribution in [0.2, 0.25) is 0 Å². The molecule has 10 heteroatoms. The van der Waals surface area contributed by atoms with Crippen molar-refractivity contribution in [3.8, 4) is 0 Å². The molecule has 0 rings (SSSR count). The van der Waals surface area contributed by atoms with Crippen molar-refractivity contribution in [3.63, 3.8) is 0 Å². The molecule has 0 amide bonds. The van der Waals surface area contributed by atoms with E-state index in [1.807, 2.05) is 0 Å². The van der Waals surface area contributed by atoms with Crippen LogP contribution in [0.4, 0.5) is 0 Å². The average Bonchev–Trinajstić information content (AvgIpc) is 2.43. The van der Waals surface area contributed by atoms with Gasteiger partial charge in [0.15, 0.2) is 0 Å². The third kappa shape index (κ3) is 5.40. The van der Waals surface area contributed by atoms with Gasteiger partial charge >= 0.3 is 0 Å². The second-order valence-corrected chi connectivity index (χ2v) is 4.62. The van der Waals surface area contributed by atoms with Crippen LogP contribution in [0.5, 0.6) is 0 Å². The molecular formula is C9H18BIO8. The van der Waals surface area contributed by atoms with Crippen LogP contribution in [0.15, 0.2) is 0 Å². The highest BCUT2D eigenvalue weighted by molar-refractivity contribution is 14.1. The molecule has 7 unspecified atom stereocenters. The third-order valence-corrected chi connectivity index (χ3v) is 3.53. The molecular weight excluding hydrogens is 374 g/mol. The summed E-state index contributed by atoms with van der Waals surface area (Å²) in [7, 11) is 4.84. The van der Waals surface area contributed by atoms with Crippen molar-refractivity contribution in [1.82, 2.24) is 0 Å². The molecule has 0 aromatic rings. The fourth-order valence-corrected chi connectivity index (χ4v) is 1.73. The Labute approximate surface area is 126 Å². The van der Waals surface area contributed by atoms with E-state index in [1.54, 1.807) is 0 Å². The monoisotopic (exact) mass is 392 g/mol. The van der Waals surface area contributed by atoms with Gasteiger partial charge in [-0.3, -0.25) is 0 Å². The molecule has 0 aliphatic heterocycles. The Bertz CT molecular complexity index is 248. The van der Waals surface area contributed by atoms with Crippen LogP contribution in [-0.2, 0) is 7.72 Å². The lowest BCUT2D eigenvalue weighted by Crippen LogP contribution is -2.55. The highest BCUT2D eigenvalue weighted by Gasteiger charge is 2.39. The Balaban J connectivity index is 4.73. The smallest absolute Gasteiger partial charge is 0.283 e. The van der Waals surface area contributed by atoms with Crippen LogP contribution in [-0.4, -0.2) is 88.0 Å². The molecule has 0 saturated heterocycles. The molecule has 0 spiro atoms. The number of rotatable bonds is 9. The largest absolute Gasteiger partial charge is 0.440 e. The van der Waals surface area contributed by atoms with Gasteiger partial charge in [0.1, 0.15) is 53.5 Å². The van der Waals surface area contributed by atoms with E-state index in [-0.39, 0.29) is 0 Å². The predicted molar refractivity (Wildman–Crippen MR) is 72.3 cm³/mol. The topological polar surface area (TPSA) is 140 Å². The van der Waals surface area contributed by atoms with E-state index in [0.717, 1.165) is 0 Å². The maximum atomic E-state index is 9.71. The molecule has 0 fully saturated rings. The number of aliphatic hydroxyl groups excluding tert-OH is 6. The van der Waals surface area contributed by atoms with Gasteiger partial charge in [0.2, 0.25) is 0 Å². The Morgan fingerprint density at radius 3 is 1.84 bits per heavy atom. The molecule has 8 nitrogen and oxygen atoms in total. The van der Waals surface area contributed by atoms with E-state index in [0.29, 0.717) is 0 Å². The zero-order valence-electron chi connectivity index (χ0n) is 10.2. The Morgan fingerprint density at radius 1 is 1.00 bits per heavy atom. The summed E-state index contributed by atoms with van der Waals surface area (Å²) in [6, 6.07) is 0. The lowest BCUT2D eigenvalue weighted by molar-refractivity contribution is -0.158. The molecule has 0 aliphatic carbocycles. The lowest BCUT2D eigenvalue weighted by atomic mass is 9.94. The van der Waals surface area contributed by atoms with Gasteiger partial charge in [0, 0.05) is 0 Å². The molecule has 6 N–H and O–H groups in total. The van der Waals surface area contributed by atoms with Crippen molar-refractivity contribution in [2.45, 2.75) is 49.7 Å². The fraction of sp³-hybridized carbons (Fsp3) is 1.00. The molecule has 0 bridgehead atoms. The number of hydrogen-bond acceptors (Lipinski definition) is 8. The Kier molecular flexibility index (Phi) is 9.65. The molecule has 0 aromatic carbocycles. The van der Waals surface area contributed by atoms with Gasteiger partial charge in [0.25, 0.3) is 8.05 Å². The van der Waals surface area contributed by atoms with E-state index < -0.39 is 49.3 Å². The van der Waals surface area contributed by atoms with Crippen molar-refractivity contribution in [2.75, 3.05) is 6.61 Å². The SMILES string of the molecule is [B]OC(C(O)CO)C(O)C(O)C(O)C(O)C(C)OI. The van der Waals surface area contributed by atoms with Crippen LogP contribution in [0.1, 0.15) is 6.92 Å². The van der Waals surface area contributed by atoms with Gasteiger partial charge < -0.3 is 38.4 Å². The van der Waals surface area contributed by atoms with Crippen molar-refractivity contribution in [1.29, 1.82) is 0 Å². The first kappa shape index (κ1) is 19.5. The summed E-state index contributed by atoms with van der Waals surface area (Å²) in [4.78, 5) is 0. The third-order valence-electron chi connectivity index (χ3n) is 2.73. The quantitative estimate of drug-likeness (QED) is 0.180. The van der Waals surface area contributed by atoms with Crippen LogP contribution < -0.4 is 0 Å². The summed E-state index contributed by atoms with van der Waals surface area (Å²) in [5.41, 5.74) is 0. The normalized spacial score (nSPS) is 23.2. The standard InChI is InChI=1S/C9H18BIO8/c1-3(19-11)5(14)6(15)7(16)8(17)9(18-10)4(13)2-12/h3-9,12-17H,2H2,1H3. The van der Waals surface area contributed by atoms with Crippen molar-refractivity contribution in [3.05, 3.63) is 0 Å². The Morgan fingerprint density at radius 2 is 1.47 bits per heavy atom. The van der Waals surface area contributed by atoms with Crippen LogP contribution in [0.25, 0.3) is 0 Å². The lowest BCUT2D eigenvalue weighted by Gasteiger charge is -2.33. The van der Waals surface area contributed by atoms with E-state index in [4.69, 9.17) is 16.2 Å². The average molecular weight is 392 g/mol. The highest BCUT2D eigenvalue weighted by Crippen LogP contribution is 2.16. The molecule has 0 heterocycles.